The van der Waals surface area contributed by atoms with E-state index in [2.05, 4.69) is 62.1 Å². The summed E-state index contributed by atoms with van der Waals surface area (Å²) in [5, 5.41) is 3.57. The first-order chi connectivity index (χ1) is 8.92. The Labute approximate surface area is 117 Å². The zero-order valence-corrected chi connectivity index (χ0v) is 13.0. The van der Waals surface area contributed by atoms with Gasteiger partial charge in [0.2, 0.25) is 0 Å². The van der Waals surface area contributed by atoms with Crippen LogP contribution >= 0.6 is 0 Å². The summed E-state index contributed by atoms with van der Waals surface area (Å²) in [5.41, 5.74) is 2.58. The first-order valence-corrected chi connectivity index (χ1v) is 7.37. The minimum absolute atomic E-state index is 0.141. The number of hydrogen-bond donors (Lipinski definition) is 1. The second kappa shape index (κ2) is 5.49. The summed E-state index contributed by atoms with van der Waals surface area (Å²) in [6.07, 6.45) is 3.77. The Hall–Kier alpha value is -1.09. The zero-order chi connectivity index (χ0) is 14.0. The van der Waals surface area contributed by atoms with Crippen molar-refractivity contribution >= 4 is 5.82 Å². The topological polar surface area (TPSA) is 28.2 Å². The highest BCUT2D eigenvalue weighted by atomic mass is 15.2. The molecule has 3 heteroatoms. The third kappa shape index (κ3) is 3.69. The second-order valence-corrected chi connectivity index (χ2v) is 6.36. The van der Waals surface area contributed by atoms with Crippen LogP contribution in [0.4, 0.5) is 5.82 Å². The van der Waals surface area contributed by atoms with E-state index in [4.69, 9.17) is 0 Å². The smallest absolute Gasteiger partial charge is 0.129 e. The molecule has 3 nitrogen and oxygen atoms in total. The highest BCUT2D eigenvalue weighted by molar-refractivity contribution is 5.44. The number of nitrogens with zero attached hydrogens (tertiary/aromatic N) is 2. The molecule has 2 rings (SSSR count). The van der Waals surface area contributed by atoms with Gasteiger partial charge < -0.3 is 10.2 Å². The fraction of sp³-hybridized carbons (Fsp3) is 0.688. The average molecular weight is 261 g/mol. The lowest BCUT2D eigenvalue weighted by molar-refractivity contribution is 0.467. The SMILES string of the molecule is CCC(C)(C)N(C)c1cc(CNC2CC2)cc(C)n1. The molecule has 1 aromatic rings. The molecule has 1 aliphatic rings. The van der Waals surface area contributed by atoms with Gasteiger partial charge in [-0.15, -0.1) is 0 Å². The van der Waals surface area contributed by atoms with Gasteiger partial charge in [-0.1, -0.05) is 6.92 Å². The van der Waals surface area contributed by atoms with Gasteiger partial charge in [-0.05, 0) is 57.7 Å². The number of nitrogens with one attached hydrogen (secondary N) is 1. The molecule has 0 atom stereocenters. The average Bonchev–Trinajstić information content (AvgIpc) is 3.18. The van der Waals surface area contributed by atoms with Gasteiger partial charge in [0.15, 0.2) is 0 Å². The van der Waals surface area contributed by atoms with E-state index < -0.39 is 0 Å². The van der Waals surface area contributed by atoms with E-state index in [0.29, 0.717) is 0 Å². The molecule has 19 heavy (non-hydrogen) atoms. The number of hydrogen-bond acceptors (Lipinski definition) is 3. The van der Waals surface area contributed by atoms with Crippen molar-refractivity contribution in [3.8, 4) is 0 Å². The Morgan fingerprint density at radius 2 is 2.05 bits per heavy atom. The van der Waals surface area contributed by atoms with Gasteiger partial charge in [0.05, 0.1) is 0 Å². The van der Waals surface area contributed by atoms with Gasteiger partial charge in [-0.25, -0.2) is 4.98 Å². The Balaban J connectivity index is 2.14. The molecule has 1 aliphatic carbocycles. The summed E-state index contributed by atoms with van der Waals surface area (Å²) in [5.74, 6) is 1.08. The van der Waals surface area contributed by atoms with Crippen molar-refractivity contribution < 1.29 is 0 Å². The van der Waals surface area contributed by atoms with Gasteiger partial charge >= 0.3 is 0 Å². The lowest BCUT2D eigenvalue weighted by atomic mass is 10.00. The zero-order valence-electron chi connectivity index (χ0n) is 13.0. The Bertz CT molecular complexity index is 436. The fourth-order valence-electron chi connectivity index (χ4n) is 2.09. The molecule has 0 unspecified atom stereocenters. The first-order valence-electron chi connectivity index (χ1n) is 7.37. The molecule has 106 valence electrons. The molecular formula is C16H27N3. The quantitative estimate of drug-likeness (QED) is 0.852. The third-order valence-electron chi connectivity index (χ3n) is 4.29. The standard InChI is InChI=1S/C16H27N3/c1-6-16(3,4)19(5)15-10-13(9-12(2)18-15)11-17-14-7-8-14/h9-10,14,17H,6-8,11H2,1-5H3. The maximum absolute atomic E-state index is 4.69. The maximum Gasteiger partial charge on any atom is 0.129 e. The van der Waals surface area contributed by atoms with Gasteiger partial charge in [0.1, 0.15) is 5.82 Å². The van der Waals surface area contributed by atoms with Gasteiger partial charge in [0.25, 0.3) is 0 Å². The van der Waals surface area contributed by atoms with Crippen molar-refractivity contribution in [3.63, 3.8) is 0 Å². The molecule has 0 saturated heterocycles. The Kier molecular flexibility index (Phi) is 4.14. The van der Waals surface area contributed by atoms with E-state index >= 15 is 0 Å². The molecule has 0 bridgehead atoms. The van der Waals surface area contributed by atoms with Crippen molar-refractivity contribution in [1.82, 2.24) is 10.3 Å². The summed E-state index contributed by atoms with van der Waals surface area (Å²) in [7, 11) is 2.14. The maximum atomic E-state index is 4.69. The second-order valence-electron chi connectivity index (χ2n) is 6.36. The first kappa shape index (κ1) is 14.3. The molecule has 0 aliphatic heterocycles. The van der Waals surface area contributed by atoms with E-state index in [9.17, 15) is 0 Å². The van der Waals surface area contributed by atoms with Crippen LogP contribution in [0.15, 0.2) is 12.1 Å². The monoisotopic (exact) mass is 261 g/mol. The lowest BCUT2D eigenvalue weighted by Crippen LogP contribution is -2.41. The van der Waals surface area contributed by atoms with E-state index in [0.717, 1.165) is 30.5 Å². The van der Waals surface area contributed by atoms with Gasteiger partial charge in [-0.3, -0.25) is 0 Å². The highest BCUT2D eigenvalue weighted by Gasteiger charge is 2.23. The number of aryl methyl sites for hydroxylation is 1. The predicted molar refractivity (Wildman–Crippen MR) is 81.6 cm³/mol. The van der Waals surface area contributed by atoms with Crippen LogP contribution in [0.25, 0.3) is 0 Å². The summed E-state index contributed by atoms with van der Waals surface area (Å²) >= 11 is 0. The lowest BCUT2D eigenvalue weighted by Gasteiger charge is -2.36. The van der Waals surface area contributed by atoms with E-state index in [1.807, 2.05) is 0 Å². The number of aromatic nitrogens is 1. The van der Waals surface area contributed by atoms with E-state index in [1.165, 1.54) is 18.4 Å². The van der Waals surface area contributed by atoms with Crippen molar-refractivity contribution in [2.45, 2.75) is 65.1 Å². The van der Waals surface area contributed by atoms with E-state index in [-0.39, 0.29) is 5.54 Å². The molecule has 0 spiro atoms. The summed E-state index contributed by atoms with van der Waals surface area (Å²) in [6.45, 7) is 9.79. The summed E-state index contributed by atoms with van der Waals surface area (Å²) < 4.78 is 0. The summed E-state index contributed by atoms with van der Waals surface area (Å²) in [4.78, 5) is 6.98. The Morgan fingerprint density at radius 3 is 2.63 bits per heavy atom. The summed E-state index contributed by atoms with van der Waals surface area (Å²) in [6, 6.07) is 5.16. The third-order valence-corrected chi connectivity index (χ3v) is 4.29. The minimum atomic E-state index is 0.141. The predicted octanol–water partition coefficient (Wildman–Crippen LogP) is 3.27. The minimum Gasteiger partial charge on any atom is -0.355 e. The van der Waals surface area contributed by atoms with E-state index in [1.54, 1.807) is 0 Å². The molecule has 1 heterocycles. The number of pyridine rings is 1. The Morgan fingerprint density at radius 1 is 1.37 bits per heavy atom. The van der Waals surface area contributed by atoms with Crippen LogP contribution < -0.4 is 10.2 Å². The normalized spacial score (nSPS) is 15.6. The molecule has 1 N–H and O–H groups in total. The van der Waals surface area contributed by atoms with Crippen LogP contribution in [0, 0.1) is 6.92 Å². The van der Waals surface area contributed by atoms with Crippen LogP contribution in [0.1, 0.15) is 51.3 Å². The van der Waals surface area contributed by atoms with Crippen molar-refractivity contribution in [3.05, 3.63) is 23.4 Å². The van der Waals surface area contributed by atoms with Crippen molar-refractivity contribution in [1.29, 1.82) is 0 Å². The molecule has 1 fully saturated rings. The molecular weight excluding hydrogens is 234 g/mol. The van der Waals surface area contributed by atoms with Gasteiger partial charge in [0, 0.05) is 30.9 Å². The number of anilines is 1. The van der Waals surface area contributed by atoms with Crippen LogP contribution in [0.3, 0.4) is 0 Å². The molecule has 1 aromatic heterocycles. The number of rotatable bonds is 6. The largest absolute Gasteiger partial charge is 0.355 e. The van der Waals surface area contributed by atoms with Crippen molar-refractivity contribution in [2.24, 2.45) is 0 Å². The van der Waals surface area contributed by atoms with Crippen LogP contribution in [0.2, 0.25) is 0 Å². The highest BCUT2D eigenvalue weighted by Crippen LogP contribution is 2.25. The van der Waals surface area contributed by atoms with Crippen LogP contribution in [-0.2, 0) is 6.54 Å². The molecule has 0 aromatic carbocycles. The molecule has 0 radical (unpaired) electrons. The molecule has 0 amide bonds. The van der Waals surface area contributed by atoms with Gasteiger partial charge in [-0.2, -0.15) is 0 Å². The van der Waals surface area contributed by atoms with Crippen molar-refractivity contribution in [2.75, 3.05) is 11.9 Å². The molecule has 1 saturated carbocycles. The van der Waals surface area contributed by atoms with Crippen LogP contribution in [0.5, 0.6) is 0 Å². The van der Waals surface area contributed by atoms with Crippen LogP contribution in [-0.4, -0.2) is 23.6 Å². The fourth-order valence-corrected chi connectivity index (χ4v) is 2.09.